The van der Waals surface area contributed by atoms with Gasteiger partial charge < -0.3 is 20.1 Å². The summed E-state index contributed by atoms with van der Waals surface area (Å²) in [5, 5.41) is 9.89. The second kappa shape index (κ2) is 8.53. The van der Waals surface area contributed by atoms with Gasteiger partial charge in [-0.3, -0.25) is 0 Å². The number of hydrogen-bond donors (Lipinski definition) is 1. The van der Waals surface area contributed by atoms with Gasteiger partial charge in [0.05, 0.1) is 37.4 Å². The molecular formula is C23H23N3O3. The van der Waals surface area contributed by atoms with E-state index in [1.807, 2.05) is 36.4 Å². The number of hydrogen-bond acceptors (Lipinski definition) is 6. The standard InChI is InChI=1S/C23H23N3O3/c1-4-15-5-9-17(10-6-15)26-14-20(23(27)29-3)21(19(13-24)22(26)25)16-7-11-18(28-2)12-8-16/h5-12,14,21H,4,25H2,1-3H3. The normalized spacial score (nSPS) is 16.1. The highest BCUT2D eigenvalue weighted by Crippen LogP contribution is 2.39. The van der Waals surface area contributed by atoms with Crippen LogP contribution in [0.15, 0.2) is 71.7 Å². The lowest BCUT2D eigenvalue weighted by Gasteiger charge is -2.32. The van der Waals surface area contributed by atoms with E-state index in [0.29, 0.717) is 11.3 Å². The van der Waals surface area contributed by atoms with Crippen molar-refractivity contribution in [3.8, 4) is 11.8 Å². The Bertz CT molecular complexity index is 999. The molecule has 0 saturated heterocycles. The number of nitriles is 1. The number of methoxy groups -OCH3 is 2. The lowest BCUT2D eigenvalue weighted by atomic mass is 9.83. The maximum atomic E-state index is 12.6. The van der Waals surface area contributed by atoms with Crippen LogP contribution in [0, 0.1) is 11.3 Å². The number of esters is 1. The Hall–Kier alpha value is -3.72. The number of carbonyl (C=O) groups excluding carboxylic acids is 1. The Morgan fingerprint density at radius 1 is 1.14 bits per heavy atom. The van der Waals surface area contributed by atoms with Crippen molar-refractivity contribution in [1.82, 2.24) is 0 Å². The summed E-state index contributed by atoms with van der Waals surface area (Å²) in [7, 11) is 2.90. The fraction of sp³-hybridized carbons (Fsp3) is 0.217. The minimum atomic E-state index is -0.621. The number of benzene rings is 2. The summed E-state index contributed by atoms with van der Waals surface area (Å²) in [5.41, 5.74) is 9.71. The minimum absolute atomic E-state index is 0.283. The molecule has 1 aliphatic rings. The van der Waals surface area contributed by atoms with E-state index in [0.717, 1.165) is 17.7 Å². The average molecular weight is 389 g/mol. The Morgan fingerprint density at radius 2 is 1.79 bits per heavy atom. The zero-order valence-corrected chi connectivity index (χ0v) is 16.7. The third-order valence-electron chi connectivity index (χ3n) is 5.02. The van der Waals surface area contributed by atoms with E-state index in [1.54, 1.807) is 30.3 Å². The number of rotatable bonds is 5. The number of nitrogens with zero attached hydrogens (tertiary/aromatic N) is 2. The van der Waals surface area contributed by atoms with E-state index < -0.39 is 11.9 Å². The van der Waals surface area contributed by atoms with Gasteiger partial charge in [-0.1, -0.05) is 31.2 Å². The molecule has 1 unspecified atom stereocenters. The largest absolute Gasteiger partial charge is 0.497 e. The smallest absolute Gasteiger partial charge is 0.336 e. The second-order valence-electron chi connectivity index (χ2n) is 6.58. The first-order valence-electron chi connectivity index (χ1n) is 9.25. The lowest BCUT2D eigenvalue weighted by Crippen LogP contribution is -2.33. The molecule has 0 saturated carbocycles. The SMILES string of the molecule is CCc1ccc(N2C=C(C(=O)OC)C(c3ccc(OC)cc3)C(C#N)=C2N)cc1. The van der Waals surface area contributed by atoms with Crippen LogP contribution in [0.3, 0.4) is 0 Å². The van der Waals surface area contributed by atoms with E-state index in [4.69, 9.17) is 15.2 Å². The summed E-state index contributed by atoms with van der Waals surface area (Å²) in [6, 6.07) is 17.2. The van der Waals surface area contributed by atoms with E-state index >= 15 is 0 Å². The van der Waals surface area contributed by atoms with Crippen LogP contribution in [0.25, 0.3) is 0 Å². The van der Waals surface area contributed by atoms with Crippen molar-refractivity contribution in [2.24, 2.45) is 5.73 Å². The Labute approximate surface area is 170 Å². The van der Waals surface area contributed by atoms with Crippen LogP contribution in [0.2, 0.25) is 0 Å². The molecule has 2 N–H and O–H groups in total. The Kier molecular flexibility index (Phi) is 5.89. The average Bonchev–Trinajstić information content (AvgIpc) is 2.78. The minimum Gasteiger partial charge on any atom is -0.497 e. The molecule has 0 aromatic heterocycles. The van der Waals surface area contributed by atoms with Crippen molar-refractivity contribution in [1.29, 1.82) is 5.26 Å². The van der Waals surface area contributed by atoms with Crippen molar-refractivity contribution < 1.29 is 14.3 Å². The van der Waals surface area contributed by atoms with Crippen molar-refractivity contribution >= 4 is 11.7 Å². The van der Waals surface area contributed by atoms with Gasteiger partial charge in [-0.2, -0.15) is 5.26 Å². The van der Waals surface area contributed by atoms with Crippen molar-refractivity contribution in [2.45, 2.75) is 19.3 Å². The molecule has 29 heavy (non-hydrogen) atoms. The van der Waals surface area contributed by atoms with Crippen LogP contribution in [-0.2, 0) is 16.0 Å². The summed E-state index contributed by atoms with van der Waals surface area (Å²) in [6.45, 7) is 2.08. The van der Waals surface area contributed by atoms with Crippen molar-refractivity contribution in [2.75, 3.05) is 19.1 Å². The van der Waals surface area contributed by atoms with Crippen LogP contribution in [0.1, 0.15) is 24.0 Å². The highest BCUT2D eigenvalue weighted by molar-refractivity contribution is 5.93. The summed E-state index contributed by atoms with van der Waals surface area (Å²) in [5.74, 6) is -0.169. The summed E-state index contributed by atoms with van der Waals surface area (Å²) < 4.78 is 10.2. The first-order chi connectivity index (χ1) is 14.0. The number of carbonyl (C=O) groups is 1. The van der Waals surface area contributed by atoms with Crippen LogP contribution in [0.5, 0.6) is 5.75 Å². The molecule has 0 fully saturated rings. The van der Waals surface area contributed by atoms with Gasteiger partial charge in [-0.25, -0.2) is 4.79 Å². The third-order valence-corrected chi connectivity index (χ3v) is 5.02. The number of anilines is 1. The molecule has 2 aromatic carbocycles. The second-order valence-corrected chi connectivity index (χ2v) is 6.58. The quantitative estimate of drug-likeness (QED) is 0.786. The van der Waals surface area contributed by atoms with Gasteiger partial charge in [-0.15, -0.1) is 0 Å². The molecule has 2 aromatic rings. The molecule has 148 valence electrons. The number of aryl methyl sites for hydroxylation is 1. The molecule has 0 aliphatic carbocycles. The molecular weight excluding hydrogens is 366 g/mol. The van der Waals surface area contributed by atoms with E-state index in [1.165, 1.54) is 12.7 Å². The zero-order chi connectivity index (χ0) is 21.0. The Balaban J connectivity index is 2.13. The van der Waals surface area contributed by atoms with Crippen LogP contribution in [0.4, 0.5) is 5.69 Å². The molecule has 1 heterocycles. The molecule has 1 aliphatic heterocycles. The molecule has 3 rings (SSSR count). The van der Waals surface area contributed by atoms with Crippen LogP contribution < -0.4 is 15.4 Å². The van der Waals surface area contributed by atoms with Gasteiger partial charge in [-0.05, 0) is 41.8 Å². The predicted molar refractivity (Wildman–Crippen MR) is 111 cm³/mol. The van der Waals surface area contributed by atoms with Crippen LogP contribution >= 0.6 is 0 Å². The van der Waals surface area contributed by atoms with E-state index in [-0.39, 0.29) is 11.4 Å². The number of nitrogens with two attached hydrogens (primary N) is 1. The summed E-state index contributed by atoms with van der Waals surface area (Å²) >= 11 is 0. The molecule has 0 bridgehead atoms. The molecule has 6 heteroatoms. The number of allylic oxidation sites excluding steroid dienone is 1. The van der Waals surface area contributed by atoms with Gasteiger partial charge in [0.15, 0.2) is 0 Å². The van der Waals surface area contributed by atoms with Gasteiger partial charge in [0.1, 0.15) is 11.6 Å². The summed E-state index contributed by atoms with van der Waals surface area (Å²) in [6.07, 6.45) is 2.57. The predicted octanol–water partition coefficient (Wildman–Crippen LogP) is 3.61. The van der Waals surface area contributed by atoms with Gasteiger partial charge in [0.2, 0.25) is 0 Å². The van der Waals surface area contributed by atoms with Gasteiger partial charge in [0.25, 0.3) is 0 Å². The molecule has 0 spiro atoms. The molecule has 6 nitrogen and oxygen atoms in total. The first-order valence-corrected chi connectivity index (χ1v) is 9.25. The van der Waals surface area contributed by atoms with E-state index in [2.05, 4.69) is 13.0 Å². The monoisotopic (exact) mass is 389 g/mol. The molecule has 0 radical (unpaired) electrons. The topological polar surface area (TPSA) is 88.6 Å². The maximum Gasteiger partial charge on any atom is 0.336 e. The zero-order valence-electron chi connectivity index (χ0n) is 16.7. The fourth-order valence-corrected chi connectivity index (χ4v) is 3.38. The maximum absolute atomic E-state index is 12.6. The highest BCUT2D eigenvalue weighted by Gasteiger charge is 2.35. The first kappa shape index (κ1) is 20.0. The highest BCUT2D eigenvalue weighted by atomic mass is 16.5. The van der Waals surface area contributed by atoms with Crippen molar-refractivity contribution in [3.63, 3.8) is 0 Å². The van der Waals surface area contributed by atoms with Crippen molar-refractivity contribution in [3.05, 3.63) is 82.8 Å². The molecule has 1 atom stereocenters. The number of ether oxygens (including phenoxy) is 2. The van der Waals surface area contributed by atoms with Crippen LogP contribution in [-0.4, -0.2) is 20.2 Å². The van der Waals surface area contributed by atoms with E-state index in [9.17, 15) is 10.1 Å². The molecule has 0 amide bonds. The third kappa shape index (κ3) is 3.81. The van der Waals surface area contributed by atoms with Gasteiger partial charge in [0, 0.05) is 11.9 Å². The van der Waals surface area contributed by atoms with Gasteiger partial charge >= 0.3 is 5.97 Å². The Morgan fingerprint density at radius 3 is 2.31 bits per heavy atom. The lowest BCUT2D eigenvalue weighted by molar-refractivity contribution is -0.136. The summed E-state index contributed by atoms with van der Waals surface area (Å²) in [4.78, 5) is 14.3. The fourth-order valence-electron chi connectivity index (χ4n) is 3.38.